The van der Waals surface area contributed by atoms with Crippen LogP contribution in [0.2, 0.25) is 0 Å². The average molecular weight is 570 g/mol. The van der Waals surface area contributed by atoms with Crippen LogP contribution in [0.25, 0.3) is 11.5 Å². The predicted molar refractivity (Wildman–Crippen MR) is 161 cm³/mol. The lowest BCUT2D eigenvalue weighted by atomic mass is 10.1. The number of hydrogen-bond donors (Lipinski definition) is 2. The fourth-order valence-corrected chi connectivity index (χ4v) is 4.30. The number of halogens is 1. The number of nitrogens with zero attached hydrogens (tertiary/aromatic N) is 1. The molecule has 0 bridgehead atoms. The van der Waals surface area contributed by atoms with Crippen molar-refractivity contribution in [2.45, 2.75) is 45.8 Å². The molecule has 0 saturated heterocycles. The quantitative estimate of drug-likeness (QED) is 0.132. The molecule has 218 valence electrons. The molecule has 0 unspecified atom stereocenters. The molecule has 0 aliphatic rings. The van der Waals surface area contributed by atoms with Gasteiger partial charge >= 0.3 is 0 Å². The van der Waals surface area contributed by atoms with Crippen LogP contribution in [-0.4, -0.2) is 35.9 Å². The Morgan fingerprint density at radius 2 is 1.71 bits per heavy atom. The lowest BCUT2D eigenvalue weighted by Crippen LogP contribution is -2.40. The minimum absolute atomic E-state index is 0.0446. The molecule has 0 aliphatic heterocycles. The first-order valence-corrected chi connectivity index (χ1v) is 14.1. The molecule has 1 heterocycles. The smallest absolute Gasteiger partial charge is 0.226 e. The molecule has 42 heavy (non-hydrogen) atoms. The second-order valence-corrected chi connectivity index (χ2v) is 9.88. The van der Waals surface area contributed by atoms with E-state index in [1.54, 1.807) is 37.4 Å². The number of rotatable bonds is 15. The van der Waals surface area contributed by atoms with Gasteiger partial charge in [-0.15, -0.1) is 0 Å². The van der Waals surface area contributed by atoms with Gasteiger partial charge in [-0.25, -0.2) is 9.37 Å². The topological polar surface area (TPSA) is 93.5 Å². The number of benzene rings is 3. The van der Waals surface area contributed by atoms with E-state index >= 15 is 0 Å². The summed E-state index contributed by atoms with van der Waals surface area (Å²) in [6.07, 6.45) is 4.67. The Bertz CT molecular complexity index is 1470. The Balaban J connectivity index is 1.30. The van der Waals surface area contributed by atoms with Crippen LogP contribution in [0.15, 0.2) is 95.6 Å². The molecule has 0 spiro atoms. The highest BCUT2D eigenvalue weighted by Crippen LogP contribution is 2.22. The van der Waals surface area contributed by atoms with E-state index in [0.717, 1.165) is 28.3 Å². The number of carbonyl (C=O) groups is 2. The van der Waals surface area contributed by atoms with Crippen molar-refractivity contribution in [3.05, 3.63) is 119 Å². The first-order valence-electron chi connectivity index (χ1n) is 14.1. The zero-order valence-corrected chi connectivity index (χ0v) is 23.9. The van der Waals surface area contributed by atoms with Crippen LogP contribution in [-0.2, 0) is 24.3 Å². The van der Waals surface area contributed by atoms with Gasteiger partial charge in [-0.2, -0.15) is 0 Å². The molecule has 2 N–H and O–H groups in total. The lowest BCUT2D eigenvalue weighted by Gasteiger charge is -2.18. The maximum absolute atomic E-state index is 12.7. The van der Waals surface area contributed by atoms with Crippen molar-refractivity contribution in [3.8, 4) is 17.2 Å². The van der Waals surface area contributed by atoms with E-state index in [2.05, 4.69) is 15.6 Å². The molecular weight excluding hydrogens is 533 g/mol. The normalized spacial score (nSPS) is 11.8. The van der Waals surface area contributed by atoms with Gasteiger partial charge < -0.3 is 19.8 Å². The summed E-state index contributed by atoms with van der Waals surface area (Å²) in [6.45, 7) is 4.01. The number of amides is 1. The minimum atomic E-state index is -0.567. The van der Waals surface area contributed by atoms with Crippen molar-refractivity contribution in [1.82, 2.24) is 15.6 Å². The van der Waals surface area contributed by atoms with E-state index in [-0.39, 0.29) is 17.7 Å². The number of aromatic nitrogens is 1. The third kappa shape index (κ3) is 8.89. The Kier molecular flexibility index (Phi) is 11.0. The van der Waals surface area contributed by atoms with E-state index in [0.29, 0.717) is 49.4 Å². The highest BCUT2D eigenvalue weighted by Gasteiger charge is 2.13. The first kappa shape index (κ1) is 30.2. The first-order chi connectivity index (χ1) is 20.4. The summed E-state index contributed by atoms with van der Waals surface area (Å²) in [5.41, 5.74) is 3.87. The van der Waals surface area contributed by atoms with Gasteiger partial charge in [-0.05, 0) is 48.7 Å². The Labute approximate surface area is 245 Å². The fraction of sp³-hybridized carbons (Fsp3) is 0.265. The van der Waals surface area contributed by atoms with Crippen LogP contribution in [0.3, 0.4) is 0 Å². The van der Waals surface area contributed by atoms with Crippen molar-refractivity contribution >= 4 is 11.7 Å². The van der Waals surface area contributed by atoms with Gasteiger partial charge in [0.1, 0.15) is 18.2 Å². The van der Waals surface area contributed by atoms with Crippen molar-refractivity contribution < 1.29 is 23.1 Å². The molecule has 0 radical (unpaired) electrons. The van der Waals surface area contributed by atoms with E-state index in [1.165, 1.54) is 6.08 Å². The third-order valence-corrected chi connectivity index (χ3v) is 6.75. The van der Waals surface area contributed by atoms with E-state index < -0.39 is 6.67 Å². The second-order valence-electron chi connectivity index (χ2n) is 9.88. The van der Waals surface area contributed by atoms with Crippen LogP contribution in [0.4, 0.5) is 4.39 Å². The number of hydrogen-bond acceptors (Lipinski definition) is 6. The van der Waals surface area contributed by atoms with Crippen LogP contribution >= 0.6 is 0 Å². The third-order valence-electron chi connectivity index (χ3n) is 6.75. The molecule has 0 aliphatic carbocycles. The van der Waals surface area contributed by atoms with Crippen molar-refractivity contribution in [3.63, 3.8) is 0 Å². The van der Waals surface area contributed by atoms with Gasteiger partial charge in [0.2, 0.25) is 11.8 Å². The summed E-state index contributed by atoms with van der Waals surface area (Å²) in [5, 5.41) is 6.15. The molecule has 8 heteroatoms. The monoisotopic (exact) mass is 569 g/mol. The second kappa shape index (κ2) is 15.3. The minimum Gasteiger partial charge on any atom is -0.493 e. The zero-order chi connectivity index (χ0) is 29.7. The van der Waals surface area contributed by atoms with Crippen molar-refractivity contribution in [2.24, 2.45) is 0 Å². The number of oxazole rings is 1. The van der Waals surface area contributed by atoms with Crippen molar-refractivity contribution in [2.75, 3.05) is 13.2 Å². The average Bonchev–Trinajstić information content (AvgIpc) is 3.40. The number of ketones is 1. The van der Waals surface area contributed by atoms with Gasteiger partial charge in [-0.3, -0.25) is 9.59 Å². The number of nitrogens with one attached hydrogen (secondary N) is 2. The zero-order valence-electron chi connectivity index (χ0n) is 23.9. The Hall–Kier alpha value is -4.72. The molecular formula is C34H36FN3O4. The summed E-state index contributed by atoms with van der Waals surface area (Å²) < 4.78 is 24.5. The largest absolute Gasteiger partial charge is 0.493 e. The predicted octanol–water partition coefficient (Wildman–Crippen LogP) is 6.16. The van der Waals surface area contributed by atoms with E-state index in [1.807, 2.05) is 61.5 Å². The number of aryl methyl sites for hydroxylation is 1. The highest BCUT2D eigenvalue weighted by atomic mass is 19.1. The van der Waals surface area contributed by atoms with Gasteiger partial charge in [0.05, 0.1) is 12.3 Å². The Morgan fingerprint density at radius 3 is 2.40 bits per heavy atom. The van der Waals surface area contributed by atoms with Gasteiger partial charge in [0, 0.05) is 48.8 Å². The number of carbonyl (C=O) groups excluding carboxylic acids is 2. The van der Waals surface area contributed by atoms with Crippen LogP contribution in [0.1, 0.15) is 46.3 Å². The molecule has 1 atom stereocenters. The highest BCUT2D eigenvalue weighted by molar-refractivity contribution is 6.04. The summed E-state index contributed by atoms with van der Waals surface area (Å²) in [5.74, 6) is 1.90. The van der Waals surface area contributed by atoms with Gasteiger partial charge in [-0.1, -0.05) is 61.5 Å². The molecule has 0 saturated carbocycles. The van der Waals surface area contributed by atoms with Crippen LogP contribution in [0, 0.1) is 6.92 Å². The molecule has 4 rings (SSSR count). The van der Waals surface area contributed by atoms with Gasteiger partial charge in [0.15, 0.2) is 5.78 Å². The van der Waals surface area contributed by atoms with E-state index in [4.69, 9.17) is 9.15 Å². The Morgan fingerprint density at radius 1 is 1.00 bits per heavy atom. The van der Waals surface area contributed by atoms with E-state index in [9.17, 15) is 14.0 Å². The maximum atomic E-state index is 12.7. The van der Waals surface area contributed by atoms with Crippen molar-refractivity contribution in [1.29, 1.82) is 0 Å². The molecule has 4 aromatic rings. The number of alkyl halides is 1. The molecule has 1 aromatic heterocycles. The molecule has 3 aromatic carbocycles. The summed E-state index contributed by atoms with van der Waals surface area (Å²) in [4.78, 5) is 29.0. The van der Waals surface area contributed by atoms with Crippen LogP contribution in [0.5, 0.6) is 5.75 Å². The maximum Gasteiger partial charge on any atom is 0.226 e. The summed E-state index contributed by atoms with van der Waals surface area (Å²) >= 11 is 0. The standard InChI is InChI=1S/C34H36FN3O4/c1-3-33(40)37-23-29(36-19-17-32(39)27-13-9-26(22-35)10-14-27)21-25-11-15-30(16-12-25)41-20-18-31-24(2)42-34(38-31)28-7-5-4-6-8-28/h4-17,19,29,36H,3,18,20-23H2,1-2H3,(H,37,40)/t29-/m0/s1. The molecule has 0 fully saturated rings. The fourth-order valence-electron chi connectivity index (χ4n) is 4.30. The lowest BCUT2D eigenvalue weighted by molar-refractivity contribution is -0.120. The number of allylic oxidation sites excluding steroid dienone is 1. The SMILES string of the molecule is CCC(=O)NC[C@H](Cc1ccc(OCCc2nc(-c3ccccc3)oc2C)cc1)NC=CC(=O)c1ccc(CF)cc1. The molecule has 1 amide bonds. The van der Waals surface area contributed by atoms with Crippen LogP contribution < -0.4 is 15.4 Å². The summed E-state index contributed by atoms with van der Waals surface area (Å²) in [6, 6.07) is 23.9. The van der Waals surface area contributed by atoms with Gasteiger partial charge in [0.25, 0.3) is 0 Å². The molecule has 7 nitrogen and oxygen atoms in total. The number of ether oxygens (including phenoxy) is 1. The summed E-state index contributed by atoms with van der Waals surface area (Å²) in [7, 11) is 0.